The topological polar surface area (TPSA) is 55.9 Å². The van der Waals surface area contributed by atoms with Crippen molar-refractivity contribution in [2.45, 2.75) is 18.9 Å². The number of hydrogen-bond acceptors (Lipinski definition) is 4. The molecule has 0 bridgehead atoms. The highest BCUT2D eigenvalue weighted by Crippen LogP contribution is 2.37. The highest BCUT2D eigenvalue weighted by molar-refractivity contribution is 7.80. The molecule has 1 atom stereocenters. The minimum absolute atomic E-state index is 0.0312. The third-order valence-electron chi connectivity index (χ3n) is 6.04. The summed E-state index contributed by atoms with van der Waals surface area (Å²) in [6, 6.07) is 21.8. The van der Waals surface area contributed by atoms with Crippen molar-refractivity contribution >= 4 is 69.4 Å². The maximum atomic E-state index is 13.6. The van der Waals surface area contributed by atoms with Crippen molar-refractivity contribution in [2.75, 3.05) is 35.8 Å². The van der Waals surface area contributed by atoms with Crippen molar-refractivity contribution in [3.63, 3.8) is 0 Å². The lowest BCUT2D eigenvalue weighted by molar-refractivity contribution is -0.122. The number of carbonyl (C=O) groups excluding carboxylic acids is 2. The van der Waals surface area contributed by atoms with Crippen LogP contribution in [0.3, 0.4) is 0 Å². The van der Waals surface area contributed by atoms with Gasteiger partial charge in [0.15, 0.2) is 5.11 Å². The Hall–Kier alpha value is -3.13. The zero-order chi connectivity index (χ0) is 25.8. The number of imide groups is 1. The zero-order valence-electron chi connectivity index (χ0n) is 19.9. The van der Waals surface area contributed by atoms with Crippen molar-refractivity contribution in [1.29, 1.82) is 0 Å². The van der Waals surface area contributed by atoms with Crippen molar-refractivity contribution in [3.05, 3.63) is 88.4 Å². The maximum Gasteiger partial charge on any atom is 0.257 e. The van der Waals surface area contributed by atoms with Crippen LogP contribution in [-0.2, 0) is 16.0 Å². The van der Waals surface area contributed by atoms with Crippen LogP contribution in [0.1, 0.15) is 12.0 Å². The van der Waals surface area contributed by atoms with Crippen molar-refractivity contribution < 1.29 is 9.59 Å². The van der Waals surface area contributed by atoms with Crippen LogP contribution in [0.2, 0.25) is 10.0 Å². The summed E-state index contributed by atoms with van der Waals surface area (Å²) in [5.41, 5.74) is 3.15. The van der Waals surface area contributed by atoms with E-state index in [1.165, 1.54) is 0 Å². The van der Waals surface area contributed by atoms with E-state index in [1.807, 2.05) is 73.6 Å². The fourth-order valence-corrected chi connectivity index (χ4v) is 5.03. The van der Waals surface area contributed by atoms with E-state index in [-0.39, 0.29) is 28.1 Å². The molecular weight excluding hydrogens is 515 g/mol. The molecule has 2 amide bonds. The molecule has 186 valence electrons. The van der Waals surface area contributed by atoms with Crippen LogP contribution >= 0.6 is 35.4 Å². The van der Waals surface area contributed by atoms with Gasteiger partial charge in [-0.15, -0.1) is 0 Å². The predicted octanol–water partition coefficient (Wildman–Crippen LogP) is 5.63. The van der Waals surface area contributed by atoms with E-state index in [0.29, 0.717) is 18.1 Å². The molecular formula is C27H26Cl2N4O2S. The van der Waals surface area contributed by atoms with Gasteiger partial charge in [-0.25, -0.2) is 4.90 Å². The molecule has 1 aliphatic heterocycles. The molecule has 0 saturated carbocycles. The number of benzene rings is 3. The van der Waals surface area contributed by atoms with Gasteiger partial charge in [0, 0.05) is 32.0 Å². The third kappa shape index (κ3) is 5.64. The number of nitrogens with one attached hydrogen (secondary N) is 1. The number of anilines is 3. The van der Waals surface area contributed by atoms with Crippen LogP contribution in [0.5, 0.6) is 0 Å². The summed E-state index contributed by atoms with van der Waals surface area (Å²) in [7, 11) is 3.94. The SMILES string of the molecule is CN(C)c1ccc(NC(=S)N(CCc2ccccc2)[C@H]2CC(=O)N(c3c(Cl)cccc3Cl)C2=O)cc1. The molecule has 1 aliphatic rings. The largest absolute Gasteiger partial charge is 0.378 e. The highest BCUT2D eigenvalue weighted by Gasteiger charge is 2.44. The number of carbonyl (C=O) groups is 2. The second-order valence-electron chi connectivity index (χ2n) is 8.66. The Labute approximate surface area is 226 Å². The molecule has 9 heteroatoms. The lowest BCUT2D eigenvalue weighted by atomic mass is 10.1. The Morgan fingerprint density at radius 3 is 2.22 bits per heavy atom. The molecule has 0 radical (unpaired) electrons. The molecule has 0 unspecified atom stereocenters. The quantitative estimate of drug-likeness (QED) is 0.309. The van der Waals surface area contributed by atoms with Crippen LogP contribution in [0, 0.1) is 0 Å². The van der Waals surface area contributed by atoms with Crippen LogP contribution in [0.15, 0.2) is 72.8 Å². The molecule has 1 N–H and O–H groups in total. The molecule has 6 nitrogen and oxygen atoms in total. The maximum absolute atomic E-state index is 13.6. The number of halogens is 2. The van der Waals surface area contributed by atoms with Gasteiger partial charge in [-0.05, 0) is 60.6 Å². The molecule has 4 rings (SSSR count). The van der Waals surface area contributed by atoms with Gasteiger partial charge in [0.2, 0.25) is 5.91 Å². The number of nitrogens with zero attached hydrogens (tertiary/aromatic N) is 3. The minimum atomic E-state index is -0.783. The van der Waals surface area contributed by atoms with Crippen LogP contribution in [0.25, 0.3) is 0 Å². The van der Waals surface area contributed by atoms with Crippen LogP contribution in [0.4, 0.5) is 17.1 Å². The number of rotatable bonds is 7. The lowest BCUT2D eigenvalue weighted by Gasteiger charge is -2.30. The van der Waals surface area contributed by atoms with Gasteiger partial charge in [-0.1, -0.05) is 59.6 Å². The van der Waals surface area contributed by atoms with E-state index in [1.54, 1.807) is 23.1 Å². The van der Waals surface area contributed by atoms with Gasteiger partial charge < -0.3 is 15.1 Å². The second-order valence-corrected chi connectivity index (χ2v) is 9.86. The van der Waals surface area contributed by atoms with Crippen molar-refractivity contribution in [2.24, 2.45) is 0 Å². The van der Waals surface area contributed by atoms with E-state index in [4.69, 9.17) is 35.4 Å². The first-order valence-corrected chi connectivity index (χ1v) is 12.6. The molecule has 36 heavy (non-hydrogen) atoms. The van der Waals surface area contributed by atoms with E-state index < -0.39 is 11.9 Å². The monoisotopic (exact) mass is 540 g/mol. The first kappa shape index (κ1) is 25.9. The Kier molecular flexibility index (Phi) is 8.14. The zero-order valence-corrected chi connectivity index (χ0v) is 22.3. The fourth-order valence-electron chi connectivity index (χ4n) is 4.13. The first-order valence-electron chi connectivity index (χ1n) is 11.5. The van der Waals surface area contributed by atoms with Gasteiger partial charge >= 0.3 is 0 Å². The minimum Gasteiger partial charge on any atom is -0.378 e. The van der Waals surface area contributed by atoms with Gasteiger partial charge in [-0.3, -0.25) is 9.59 Å². The molecule has 1 heterocycles. The van der Waals surface area contributed by atoms with Crippen molar-refractivity contribution in [3.8, 4) is 0 Å². The molecule has 1 fully saturated rings. The average molecular weight is 542 g/mol. The molecule has 1 saturated heterocycles. The fraction of sp³-hybridized carbons (Fsp3) is 0.222. The van der Waals surface area contributed by atoms with E-state index in [2.05, 4.69) is 5.32 Å². The molecule has 0 spiro atoms. The summed E-state index contributed by atoms with van der Waals surface area (Å²) in [5, 5.41) is 4.08. The molecule has 3 aromatic rings. The number of hydrogen-bond donors (Lipinski definition) is 1. The summed E-state index contributed by atoms with van der Waals surface area (Å²) >= 11 is 18.4. The smallest absolute Gasteiger partial charge is 0.257 e. The molecule has 3 aromatic carbocycles. The summed E-state index contributed by atoms with van der Waals surface area (Å²) in [6.45, 7) is 0.444. The number of amides is 2. The molecule has 0 aliphatic carbocycles. The van der Waals surface area contributed by atoms with Gasteiger partial charge in [-0.2, -0.15) is 0 Å². The Bertz CT molecular complexity index is 1250. The van der Waals surface area contributed by atoms with Crippen molar-refractivity contribution in [1.82, 2.24) is 4.90 Å². The summed E-state index contributed by atoms with van der Waals surface area (Å²) in [6.07, 6.45) is 0.615. The van der Waals surface area contributed by atoms with E-state index in [9.17, 15) is 9.59 Å². The predicted molar refractivity (Wildman–Crippen MR) is 151 cm³/mol. The van der Waals surface area contributed by atoms with E-state index >= 15 is 0 Å². The Morgan fingerprint density at radius 2 is 1.61 bits per heavy atom. The average Bonchev–Trinajstić information content (AvgIpc) is 3.14. The first-order chi connectivity index (χ1) is 17.3. The van der Waals surface area contributed by atoms with Gasteiger partial charge in [0.25, 0.3) is 5.91 Å². The number of thiocarbonyl (C=S) groups is 1. The standard InChI is InChI=1S/C27H26Cl2N4O2S/c1-31(2)20-13-11-19(12-14-20)30-27(36)32(16-15-18-7-4-3-5-8-18)23-17-24(34)33(26(23)35)25-21(28)9-6-10-22(25)29/h3-14,23H,15-17H2,1-2H3,(H,30,36)/t23-/m0/s1. The van der Waals surface area contributed by atoms with Gasteiger partial charge in [0.1, 0.15) is 6.04 Å². The Morgan fingerprint density at radius 1 is 0.972 bits per heavy atom. The Balaban J connectivity index is 1.60. The number of para-hydroxylation sites is 1. The second kappa shape index (κ2) is 11.3. The summed E-state index contributed by atoms with van der Waals surface area (Å²) in [4.78, 5) is 31.5. The summed E-state index contributed by atoms with van der Waals surface area (Å²) < 4.78 is 0. The third-order valence-corrected chi connectivity index (χ3v) is 6.99. The van der Waals surface area contributed by atoms with Gasteiger partial charge in [0.05, 0.1) is 22.2 Å². The highest BCUT2D eigenvalue weighted by atomic mass is 35.5. The van der Waals surface area contributed by atoms with Crippen LogP contribution in [-0.4, -0.2) is 48.5 Å². The lowest BCUT2D eigenvalue weighted by Crippen LogP contribution is -2.48. The van der Waals surface area contributed by atoms with Crippen LogP contribution < -0.4 is 15.1 Å². The summed E-state index contributed by atoms with van der Waals surface area (Å²) in [5.74, 6) is -0.780. The van der Waals surface area contributed by atoms with E-state index in [0.717, 1.165) is 21.8 Å². The normalized spacial score (nSPS) is 15.2. The molecule has 0 aromatic heterocycles.